The van der Waals surface area contributed by atoms with Crippen LogP contribution in [0.3, 0.4) is 0 Å². The van der Waals surface area contributed by atoms with Crippen molar-refractivity contribution >= 4 is 5.91 Å². The van der Waals surface area contributed by atoms with Crippen molar-refractivity contribution < 1.29 is 18.7 Å². The van der Waals surface area contributed by atoms with Crippen LogP contribution in [-0.4, -0.2) is 42.8 Å². The van der Waals surface area contributed by atoms with Crippen molar-refractivity contribution in [2.75, 3.05) is 19.8 Å². The van der Waals surface area contributed by atoms with Gasteiger partial charge in [0.05, 0.1) is 19.1 Å². The fourth-order valence-corrected chi connectivity index (χ4v) is 3.34. The molecule has 0 N–H and O–H groups in total. The van der Waals surface area contributed by atoms with E-state index >= 15 is 0 Å². The number of rotatable bonds is 4. The van der Waals surface area contributed by atoms with Crippen LogP contribution >= 0.6 is 0 Å². The monoisotopic (exact) mass is 321 g/mol. The van der Waals surface area contributed by atoms with Gasteiger partial charge in [-0.25, -0.2) is 4.39 Å². The van der Waals surface area contributed by atoms with Gasteiger partial charge in [-0.15, -0.1) is 0 Å². The summed E-state index contributed by atoms with van der Waals surface area (Å²) in [5, 5.41) is 0. The van der Waals surface area contributed by atoms with Gasteiger partial charge in [0.1, 0.15) is 5.82 Å². The van der Waals surface area contributed by atoms with Gasteiger partial charge in [0.15, 0.2) is 0 Å². The highest BCUT2D eigenvalue weighted by Gasteiger charge is 2.27. The third kappa shape index (κ3) is 4.09. The molecule has 5 heteroatoms. The number of hydrogen-bond acceptors (Lipinski definition) is 3. The molecule has 4 nitrogen and oxygen atoms in total. The normalized spacial score (nSPS) is 22.0. The molecule has 0 radical (unpaired) electrons. The Bertz CT molecular complexity index is 557. The van der Waals surface area contributed by atoms with Gasteiger partial charge >= 0.3 is 0 Å². The number of hydrogen-bond donors (Lipinski definition) is 0. The maximum Gasteiger partial charge on any atom is 0.225 e. The lowest BCUT2D eigenvalue weighted by molar-refractivity contribution is -0.136. The van der Waals surface area contributed by atoms with E-state index in [0.29, 0.717) is 19.6 Å². The summed E-state index contributed by atoms with van der Waals surface area (Å²) in [7, 11) is 0. The Kier molecular flexibility index (Phi) is 5.28. The predicted molar refractivity (Wildman–Crippen MR) is 84.5 cm³/mol. The molecule has 0 aliphatic carbocycles. The van der Waals surface area contributed by atoms with Crippen LogP contribution in [0.5, 0.6) is 0 Å². The number of benzene rings is 1. The third-order valence-corrected chi connectivity index (χ3v) is 4.71. The van der Waals surface area contributed by atoms with Gasteiger partial charge in [-0.3, -0.25) is 4.79 Å². The molecule has 1 saturated heterocycles. The van der Waals surface area contributed by atoms with Crippen LogP contribution in [-0.2, 0) is 27.2 Å². The zero-order chi connectivity index (χ0) is 16.2. The zero-order valence-electron chi connectivity index (χ0n) is 13.6. The average molecular weight is 321 g/mol. The Hall–Kier alpha value is -1.46. The van der Waals surface area contributed by atoms with E-state index in [1.165, 1.54) is 6.07 Å². The molecule has 1 aromatic carbocycles. The average Bonchev–Trinajstić information content (AvgIpc) is 2.55. The van der Waals surface area contributed by atoms with Crippen molar-refractivity contribution in [1.29, 1.82) is 0 Å². The minimum atomic E-state index is -0.242. The minimum absolute atomic E-state index is 0.0828. The van der Waals surface area contributed by atoms with Crippen LogP contribution in [0.1, 0.15) is 37.3 Å². The summed E-state index contributed by atoms with van der Waals surface area (Å²) in [4.78, 5) is 14.3. The zero-order valence-corrected chi connectivity index (χ0v) is 13.6. The molecule has 1 amide bonds. The van der Waals surface area contributed by atoms with Gasteiger partial charge in [0, 0.05) is 25.8 Å². The number of ether oxygens (including phenoxy) is 2. The van der Waals surface area contributed by atoms with Gasteiger partial charge < -0.3 is 14.4 Å². The van der Waals surface area contributed by atoms with Crippen molar-refractivity contribution in [3.05, 3.63) is 35.1 Å². The van der Waals surface area contributed by atoms with Crippen LogP contribution < -0.4 is 0 Å². The molecule has 2 aliphatic heterocycles. The molecular formula is C18H24FNO3. The van der Waals surface area contributed by atoms with E-state index in [2.05, 4.69) is 0 Å². The molecule has 23 heavy (non-hydrogen) atoms. The minimum Gasteiger partial charge on any atom is -0.381 e. The van der Waals surface area contributed by atoms with Gasteiger partial charge in [0.25, 0.3) is 0 Å². The highest BCUT2D eigenvalue weighted by Crippen LogP contribution is 2.24. The summed E-state index contributed by atoms with van der Waals surface area (Å²) in [5.41, 5.74) is 2.06. The van der Waals surface area contributed by atoms with Crippen LogP contribution in [0.4, 0.5) is 4.39 Å². The summed E-state index contributed by atoms with van der Waals surface area (Å²) >= 11 is 0. The van der Waals surface area contributed by atoms with E-state index in [0.717, 1.165) is 43.6 Å². The summed E-state index contributed by atoms with van der Waals surface area (Å²) in [6.45, 7) is 4.46. The van der Waals surface area contributed by atoms with Crippen molar-refractivity contribution in [3.8, 4) is 0 Å². The van der Waals surface area contributed by atoms with E-state index in [-0.39, 0.29) is 23.9 Å². The molecule has 126 valence electrons. The van der Waals surface area contributed by atoms with Gasteiger partial charge in [-0.2, -0.15) is 0 Å². The first-order valence-corrected chi connectivity index (χ1v) is 8.39. The Morgan fingerprint density at radius 2 is 2.13 bits per heavy atom. The smallest absolute Gasteiger partial charge is 0.225 e. The number of amides is 1. The number of carbonyl (C=O) groups excluding carboxylic acids is 1. The van der Waals surface area contributed by atoms with Crippen LogP contribution in [0.25, 0.3) is 0 Å². The molecule has 3 rings (SSSR count). The molecule has 0 spiro atoms. The largest absolute Gasteiger partial charge is 0.381 e. The lowest BCUT2D eigenvalue weighted by atomic mass is 9.94. The molecular weight excluding hydrogens is 297 g/mol. The van der Waals surface area contributed by atoms with Gasteiger partial charge in [-0.1, -0.05) is 6.07 Å². The Morgan fingerprint density at radius 3 is 2.91 bits per heavy atom. The van der Waals surface area contributed by atoms with E-state index in [4.69, 9.17) is 9.47 Å². The fourth-order valence-electron chi connectivity index (χ4n) is 3.34. The highest BCUT2D eigenvalue weighted by atomic mass is 19.1. The SMILES string of the molecule is C[C@H]1Cc2ccc(F)cc2CN1C(=O)CCOC1CCOCC1. The maximum atomic E-state index is 13.4. The first kappa shape index (κ1) is 16.4. The number of halogens is 1. The van der Waals surface area contributed by atoms with E-state index in [1.807, 2.05) is 17.9 Å². The number of carbonyl (C=O) groups is 1. The van der Waals surface area contributed by atoms with Gasteiger partial charge in [-0.05, 0) is 49.4 Å². The molecule has 2 heterocycles. The van der Waals surface area contributed by atoms with Crippen molar-refractivity contribution in [3.63, 3.8) is 0 Å². The topological polar surface area (TPSA) is 38.8 Å². The van der Waals surface area contributed by atoms with E-state index in [1.54, 1.807) is 6.07 Å². The molecule has 0 unspecified atom stereocenters. The lowest BCUT2D eigenvalue weighted by Gasteiger charge is -2.35. The summed E-state index contributed by atoms with van der Waals surface area (Å²) in [6, 6.07) is 5.01. The molecule has 1 fully saturated rings. The maximum absolute atomic E-state index is 13.4. The first-order chi connectivity index (χ1) is 11.1. The molecule has 2 aliphatic rings. The summed E-state index contributed by atoms with van der Waals surface area (Å²) in [6.07, 6.45) is 3.18. The van der Waals surface area contributed by atoms with Crippen molar-refractivity contribution in [1.82, 2.24) is 4.90 Å². The van der Waals surface area contributed by atoms with Crippen LogP contribution in [0.2, 0.25) is 0 Å². The molecule has 0 aromatic heterocycles. The van der Waals surface area contributed by atoms with Crippen molar-refractivity contribution in [2.24, 2.45) is 0 Å². The third-order valence-electron chi connectivity index (χ3n) is 4.71. The second kappa shape index (κ2) is 7.41. The second-order valence-corrected chi connectivity index (χ2v) is 6.42. The predicted octanol–water partition coefficient (Wildman–Crippen LogP) is 2.68. The van der Waals surface area contributed by atoms with Crippen LogP contribution in [0, 0.1) is 5.82 Å². The molecule has 0 bridgehead atoms. The Morgan fingerprint density at radius 1 is 1.35 bits per heavy atom. The van der Waals surface area contributed by atoms with Gasteiger partial charge in [0.2, 0.25) is 5.91 Å². The fraction of sp³-hybridized carbons (Fsp3) is 0.611. The second-order valence-electron chi connectivity index (χ2n) is 6.42. The molecule has 1 aromatic rings. The number of nitrogens with zero attached hydrogens (tertiary/aromatic N) is 1. The standard InChI is InChI=1S/C18H24FNO3/c1-13-10-14-2-3-16(19)11-15(14)12-20(13)18(21)6-9-23-17-4-7-22-8-5-17/h2-3,11,13,17H,4-10,12H2,1H3/t13-/m0/s1. The first-order valence-electron chi connectivity index (χ1n) is 8.39. The van der Waals surface area contributed by atoms with E-state index < -0.39 is 0 Å². The lowest BCUT2D eigenvalue weighted by Crippen LogP contribution is -2.43. The quantitative estimate of drug-likeness (QED) is 0.856. The Labute approximate surface area is 136 Å². The van der Waals surface area contributed by atoms with Crippen LogP contribution in [0.15, 0.2) is 18.2 Å². The molecule has 0 saturated carbocycles. The van der Waals surface area contributed by atoms with Crippen molar-refractivity contribution in [2.45, 2.75) is 51.3 Å². The molecule has 1 atom stereocenters. The summed E-state index contributed by atoms with van der Waals surface area (Å²) < 4.78 is 24.5. The van der Waals surface area contributed by atoms with E-state index in [9.17, 15) is 9.18 Å². The summed E-state index contributed by atoms with van der Waals surface area (Å²) in [5.74, 6) is -0.159. The Balaban J connectivity index is 1.52. The number of fused-ring (bicyclic) bond motifs is 1. The highest BCUT2D eigenvalue weighted by molar-refractivity contribution is 5.77.